The maximum absolute atomic E-state index is 12.1. The fourth-order valence-corrected chi connectivity index (χ4v) is 7.57. The minimum atomic E-state index is -1.07. The second kappa shape index (κ2) is 17.5. The van der Waals surface area contributed by atoms with Crippen molar-refractivity contribution in [2.75, 3.05) is 32.8 Å². The predicted octanol–water partition coefficient (Wildman–Crippen LogP) is 6.35. The van der Waals surface area contributed by atoms with Gasteiger partial charge in [-0.15, -0.1) is 0 Å². The van der Waals surface area contributed by atoms with Crippen molar-refractivity contribution in [3.8, 4) is 0 Å². The number of carbonyl (C=O) groups excluding carboxylic acids is 1. The molecule has 42 heavy (non-hydrogen) atoms. The highest BCUT2D eigenvalue weighted by Crippen LogP contribution is 2.38. The lowest BCUT2D eigenvalue weighted by Crippen LogP contribution is -2.16. The van der Waals surface area contributed by atoms with E-state index in [4.69, 9.17) is 37.4 Å². The number of aliphatic hydroxyl groups excluding tert-OH is 1. The lowest BCUT2D eigenvalue weighted by atomic mass is 10.1. The Labute approximate surface area is 261 Å². The highest BCUT2D eigenvalue weighted by atomic mass is 35.5. The Hall–Kier alpha value is -1.83. The Morgan fingerprint density at radius 3 is 1.88 bits per heavy atom. The topological polar surface area (TPSA) is 124 Å². The van der Waals surface area contributed by atoms with Gasteiger partial charge in [-0.1, -0.05) is 41.4 Å². The largest absolute Gasteiger partial charge is 0.392 e. The second-order valence-electron chi connectivity index (χ2n) is 9.49. The predicted molar refractivity (Wildman–Crippen MR) is 170 cm³/mol. The molecule has 13 heteroatoms. The molecule has 0 amide bonds. The van der Waals surface area contributed by atoms with Crippen molar-refractivity contribution >= 4 is 72.5 Å². The van der Waals surface area contributed by atoms with Crippen molar-refractivity contribution in [2.24, 2.45) is 9.98 Å². The van der Waals surface area contributed by atoms with E-state index in [1.807, 2.05) is 0 Å². The van der Waals surface area contributed by atoms with Crippen molar-refractivity contribution in [3.05, 3.63) is 56.6 Å². The van der Waals surface area contributed by atoms with E-state index in [2.05, 4.69) is 9.98 Å². The number of rotatable bonds is 9. The summed E-state index contributed by atoms with van der Waals surface area (Å²) in [6.45, 7) is 0.154. The van der Waals surface area contributed by atoms with Gasteiger partial charge in [0.25, 0.3) is 0 Å². The molecule has 2 aromatic carbocycles. The third-order valence-corrected chi connectivity index (χ3v) is 10.4. The van der Waals surface area contributed by atoms with Gasteiger partial charge in [-0.3, -0.25) is 13.2 Å². The van der Waals surface area contributed by atoms with Gasteiger partial charge in [0.1, 0.15) is 10.1 Å². The van der Waals surface area contributed by atoms with Crippen LogP contribution in [0.25, 0.3) is 0 Å². The summed E-state index contributed by atoms with van der Waals surface area (Å²) in [5, 5.41) is 11.5. The van der Waals surface area contributed by atoms with Crippen LogP contribution in [0, 0.1) is 0 Å². The molecule has 0 saturated carbocycles. The second-order valence-corrected chi connectivity index (χ2v) is 13.4. The van der Waals surface area contributed by atoms with Crippen LogP contribution < -0.4 is 0 Å². The highest BCUT2D eigenvalue weighted by Gasteiger charge is 2.21. The number of halogens is 2. The number of carbonyl (C=O) groups is 1. The van der Waals surface area contributed by atoms with Gasteiger partial charge >= 0.3 is 0 Å². The van der Waals surface area contributed by atoms with Crippen LogP contribution in [0.1, 0.15) is 71.9 Å². The van der Waals surface area contributed by atoms with Gasteiger partial charge in [-0.2, -0.15) is 0 Å². The van der Waals surface area contributed by atoms with Crippen LogP contribution in [-0.4, -0.2) is 62.7 Å². The third kappa shape index (κ3) is 8.86. The molecule has 230 valence electrons. The van der Waals surface area contributed by atoms with Crippen LogP contribution in [0.15, 0.2) is 34.3 Å². The fourth-order valence-electron chi connectivity index (χ4n) is 4.45. The molecular weight excluding hydrogens is 623 g/mol. The van der Waals surface area contributed by atoms with Gasteiger partial charge in [0.15, 0.2) is 12.6 Å². The Morgan fingerprint density at radius 1 is 0.857 bits per heavy atom. The van der Waals surface area contributed by atoms with E-state index in [-0.39, 0.29) is 6.61 Å². The first kappa shape index (κ1) is 34.7. The maximum Gasteiger partial charge on any atom is 0.184 e. The molecule has 0 aliphatic carbocycles. The average Bonchev–Trinajstić information content (AvgIpc) is 3.00. The Morgan fingerprint density at radius 2 is 1.40 bits per heavy atom. The van der Waals surface area contributed by atoms with E-state index in [1.165, 1.54) is 14.2 Å². The standard InChI is InChI=1S/C15H20ClNO4S.C14H16ClNO3S/c1-20-15(21-2)11-7-6-10(9-18)14(13(11)16)17-12-5-3-4-8-22(12)19;1-19-9-11-6-5-10(8-17)13(15)14(11)16-12-4-2-3-7-20(12)18/h6-7,15,18H,3-5,8-9H2,1-2H3;5-6,8H,2-4,7,9H2,1H3. The normalized spacial score (nSPS) is 20.9. The smallest absolute Gasteiger partial charge is 0.184 e. The molecule has 2 aliphatic heterocycles. The first-order valence-electron chi connectivity index (χ1n) is 13.4. The summed E-state index contributed by atoms with van der Waals surface area (Å²) in [7, 11) is 2.50. The zero-order valence-electron chi connectivity index (χ0n) is 23.9. The van der Waals surface area contributed by atoms with Gasteiger partial charge < -0.3 is 19.3 Å². The molecule has 4 rings (SSSR count). The van der Waals surface area contributed by atoms with E-state index in [1.54, 1.807) is 31.4 Å². The summed E-state index contributed by atoms with van der Waals surface area (Å²) in [5.41, 5.74) is 3.35. The van der Waals surface area contributed by atoms with Gasteiger partial charge in [-0.05, 0) is 44.6 Å². The van der Waals surface area contributed by atoms with E-state index >= 15 is 0 Å². The van der Waals surface area contributed by atoms with Crippen LogP contribution in [0.2, 0.25) is 10.0 Å². The number of benzene rings is 2. The lowest BCUT2D eigenvalue weighted by molar-refractivity contribution is -0.105. The number of aliphatic hydroxyl groups is 1. The van der Waals surface area contributed by atoms with E-state index in [0.717, 1.165) is 31.2 Å². The summed E-state index contributed by atoms with van der Waals surface area (Å²) in [6, 6.07) is 6.89. The Kier molecular flexibility index (Phi) is 14.4. The maximum atomic E-state index is 12.1. The number of hydrogen-bond acceptors (Lipinski definition) is 9. The molecule has 2 fully saturated rings. The number of aldehydes is 1. The number of aliphatic imine (C=N–C) groups is 2. The quantitative estimate of drug-likeness (QED) is 0.246. The van der Waals surface area contributed by atoms with Crippen LogP contribution in [0.4, 0.5) is 11.4 Å². The zero-order chi connectivity index (χ0) is 30.6. The molecule has 0 spiro atoms. The molecule has 9 nitrogen and oxygen atoms in total. The molecule has 2 saturated heterocycles. The van der Waals surface area contributed by atoms with Gasteiger partial charge in [-0.25, -0.2) is 9.98 Å². The van der Waals surface area contributed by atoms with Crippen LogP contribution in [0.3, 0.4) is 0 Å². The van der Waals surface area contributed by atoms with Crippen molar-refractivity contribution in [1.29, 1.82) is 0 Å². The SMILES string of the molecule is COC(OC)c1ccc(CO)c(N=C2CCCCS2=O)c1Cl.COCc1ccc(C=O)c(Cl)c1N=C1CCCCS1=O. The molecule has 2 aromatic rings. The summed E-state index contributed by atoms with van der Waals surface area (Å²) in [4.78, 5) is 19.9. The molecule has 0 aromatic heterocycles. The first-order chi connectivity index (χ1) is 20.3. The summed E-state index contributed by atoms with van der Waals surface area (Å²) in [5.74, 6) is 1.27. The van der Waals surface area contributed by atoms with E-state index < -0.39 is 27.9 Å². The van der Waals surface area contributed by atoms with E-state index in [0.29, 0.717) is 85.4 Å². The minimum absolute atomic E-state index is 0.191. The Balaban J connectivity index is 0.000000231. The van der Waals surface area contributed by atoms with E-state index in [9.17, 15) is 18.3 Å². The number of hydrogen-bond donors (Lipinski definition) is 1. The van der Waals surface area contributed by atoms with Gasteiger partial charge in [0.2, 0.25) is 0 Å². The molecule has 0 radical (unpaired) electrons. The van der Waals surface area contributed by atoms with Crippen LogP contribution in [0.5, 0.6) is 0 Å². The van der Waals surface area contributed by atoms with Crippen LogP contribution in [-0.2, 0) is 49.0 Å². The summed E-state index contributed by atoms with van der Waals surface area (Å²) in [6.07, 6.45) is 5.33. The summed E-state index contributed by atoms with van der Waals surface area (Å²) >= 11 is 12.7. The average molecular weight is 660 g/mol. The lowest BCUT2D eigenvalue weighted by Gasteiger charge is -2.19. The number of methoxy groups -OCH3 is 3. The number of ether oxygens (including phenoxy) is 3. The molecular formula is C29H36Cl2N2O7S2. The van der Waals surface area contributed by atoms with Gasteiger partial charge in [0.05, 0.1) is 56.2 Å². The van der Waals surface area contributed by atoms with Crippen molar-refractivity contribution in [1.82, 2.24) is 0 Å². The minimum Gasteiger partial charge on any atom is -0.392 e. The third-order valence-electron chi connectivity index (χ3n) is 6.68. The van der Waals surface area contributed by atoms with Crippen molar-refractivity contribution in [2.45, 2.75) is 58.0 Å². The highest BCUT2D eigenvalue weighted by molar-refractivity contribution is 8.01. The fraction of sp³-hybridized carbons (Fsp3) is 0.483. The molecule has 1 N–H and O–H groups in total. The monoisotopic (exact) mass is 658 g/mol. The van der Waals surface area contributed by atoms with Crippen LogP contribution >= 0.6 is 23.2 Å². The van der Waals surface area contributed by atoms with Crippen molar-refractivity contribution < 1.29 is 32.5 Å². The van der Waals surface area contributed by atoms with Gasteiger partial charge in [0, 0.05) is 55.1 Å². The van der Waals surface area contributed by atoms with Crippen molar-refractivity contribution in [3.63, 3.8) is 0 Å². The molecule has 2 aliphatic rings. The first-order valence-corrected chi connectivity index (χ1v) is 16.8. The molecule has 2 heterocycles. The Bertz CT molecular complexity index is 1360. The summed E-state index contributed by atoms with van der Waals surface area (Å²) < 4.78 is 39.6. The zero-order valence-corrected chi connectivity index (χ0v) is 27.0. The molecule has 2 unspecified atom stereocenters. The number of nitrogens with zero attached hydrogens (tertiary/aromatic N) is 2. The molecule has 2 atom stereocenters. The molecule has 0 bridgehead atoms.